The summed E-state index contributed by atoms with van der Waals surface area (Å²) >= 11 is 0. The average molecular weight is 154 g/mol. The van der Waals surface area contributed by atoms with E-state index in [-0.39, 0.29) is 25.2 Å². The van der Waals surface area contributed by atoms with Gasteiger partial charge in [0.2, 0.25) is 0 Å². The van der Waals surface area contributed by atoms with E-state index < -0.39 is 0 Å². The zero-order chi connectivity index (χ0) is 5.98. The van der Waals surface area contributed by atoms with Gasteiger partial charge in [0.1, 0.15) is 0 Å². The summed E-state index contributed by atoms with van der Waals surface area (Å²) in [5.41, 5.74) is 0. The van der Waals surface area contributed by atoms with E-state index in [4.69, 9.17) is 10.2 Å². The minimum Gasteiger partial charge on any atom is -0.392 e. The zero-order valence-corrected chi connectivity index (χ0v) is 5.97. The van der Waals surface area contributed by atoms with Crippen molar-refractivity contribution in [3.63, 3.8) is 0 Å². The molecule has 2 N–H and O–H groups in total. The molecule has 1 unspecified atom stereocenters. The standard InChI is InChI=1S/C5H11NO2.ClH/c7-4-6-2-1-5(8)3-6;/h5,7-8H,1-4H2;1H. The lowest BCUT2D eigenvalue weighted by Gasteiger charge is -2.08. The van der Waals surface area contributed by atoms with Gasteiger partial charge in [-0.3, -0.25) is 4.90 Å². The Kier molecular flexibility index (Phi) is 4.14. The van der Waals surface area contributed by atoms with Crippen molar-refractivity contribution in [3.8, 4) is 0 Å². The lowest BCUT2D eigenvalue weighted by molar-refractivity contribution is 0.108. The molecule has 1 heterocycles. The lowest BCUT2D eigenvalue weighted by Crippen LogP contribution is -2.22. The highest BCUT2D eigenvalue weighted by molar-refractivity contribution is 5.85. The highest BCUT2D eigenvalue weighted by Crippen LogP contribution is 2.05. The number of rotatable bonds is 1. The van der Waals surface area contributed by atoms with E-state index in [2.05, 4.69) is 0 Å². The van der Waals surface area contributed by atoms with E-state index in [0.717, 1.165) is 13.0 Å². The van der Waals surface area contributed by atoms with Crippen LogP contribution in [0.25, 0.3) is 0 Å². The van der Waals surface area contributed by atoms with E-state index >= 15 is 0 Å². The van der Waals surface area contributed by atoms with Crippen molar-refractivity contribution in [1.82, 2.24) is 4.90 Å². The van der Waals surface area contributed by atoms with Crippen molar-refractivity contribution in [2.45, 2.75) is 12.5 Å². The summed E-state index contributed by atoms with van der Waals surface area (Å²) in [6, 6.07) is 0. The van der Waals surface area contributed by atoms with E-state index in [0.29, 0.717) is 6.54 Å². The van der Waals surface area contributed by atoms with Gasteiger partial charge in [-0.15, -0.1) is 12.4 Å². The summed E-state index contributed by atoms with van der Waals surface area (Å²) in [5.74, 6) is 0. The van der Waals surface area contributed by atoms with Crippen LogP contribution in [0.5, 0.6) is 0 Å². The van der Waals surface area contributed by atoms with Gasteiger partial charge < -0.3 is 10.2 Å². The van der Waals surface area contributed by atoms with E-state index in [1.807, 2.05) is 4.90 Å². The third-order valence-electron chi connectivity index (χ3n) is 1.45. The number of aliphatic hydroxyl groups is 2. The maximum atomic E-state index is 8.88. The first-order valence-corrected chi connectivity index (χ1v) is 2.84. The lowest BCUT2D eigenvalue weighted by atomic mass is 10.3. The Labute approximate surface area is 60.7 Å². The molecule has 0 aromatic heterocycles. The average Bonchev–Trinajstić information content (AvgIpc) is 2.14. The van der Waals surface area contributed by atoms with Gasteiger partial charge in [-0.2, -0.15) is 0 Å². The van der Waals surface area contributed by atoms with Crippen LogP contribution in [0, 0.1) is 0 Å². The molecule has 1 rings (SSSR count). The monoisotopic (exact) mass is 153 g/mol. The normalized spacial score (nSPS) is 28.0. The molecule has 4 heteroatoms. The molecular weight excluding hydrogens is 142 g/mol. The number of β-amino-alcohol motifs (C(OH)–C–C–N with tert-alkyl or cyclic N) is 1. The largest absolute Gasteiger partial charge is 0.392 e. The molecule has 1 aliphatic rings. The molecule has 1 atom stereocenters. The maximum Gasteiger partial charge on any atom is 0.0957 e. The van der Waals surface area contributed by atoms with Gasteiger partial charge in [-0.1, -0.05) is 0 Å². The van der Waals surface area contributed by atoms with Gasteiger partial charge in [0, 0.05) is 13.1 Å². The van der Waals surface area contributed by atoms with Crippen LogP contribution in [0.3, 0.4) is 0 Å². The van der Waals surface area contributed by atoms with Crippen LogP contribution < -0.4 is 0 Å². The number of hydrogen-bond donors (Lipinski definition) is 2. The van der Waals surface area contributed by atoms with Crippen LogP contribution in [0.4, 0.5) is 0 Å². The first-order valence-electron chi connectivity index (χ1n) is 2.84. The first kappa shape index (κ1) is 9.17. The summed E-state index contributed by atoms with van der Waals surface area (Å²) in [6.07, 6.45) is 0.600. The molecule has 0 amide bonds. The fraction of sp³-hybridized carbons (Fsp3) is 1.00. The van der Waals surface area contributed by atoms with Crippen LogP contribution in [0.1, 0.15) is 6.42 Å². The Morgan fingerprint density at radius 2 is 2.22 bits per heavy atom. The molecule has 0 saturated carbocycles. The summed E-state index contributed by atoms with van der Waals surface area (Å²) in [6.45, 7) is 1.55. The van der Waals surface area contributed by atoms with Crippen molar-refractivity contribution in [3.05, 3.63) is 0 Å². The van der Waals surface area contributed by atoms with Crippen molar-refractivity contribution in [2.24, 2.45) is 0 Å². The Morgan fingerprint density at radius 3 is 2.44 bits per heavy atom. The third-order valence-corrected chi connectivity index (χ3v) is 1.45. The van der Waals surface area contributed by atoms with Gasteiger partial charge >= 0.3 is 0 Å². The maximum absolute atomic E-state index is 8.88. The summed E-state index contributed by atoms with van der Waals surface area (Å²) in [7, 11) is 0. The predicted molar refractivity (Wildman–Crippen MR) is 36.5 cm³/mol. The molecule has 0 radical (unpaired) electrons. The molecule has 56 valence electrons. The van der Waals surface area contributed by atoms with Gasteiger partial charge in [-0.05, 0) is 6.42 Å². The number of nitrogens with zero attached hydrogens (tertiary/aromatic N) is 1. The molecule has 1 aliphatic heterocycles. The minimum absolute atomic E-state index is 0. The fourth-order valence-corrected chi connectivity index (χ4v) is 0.941. The van der Waals surface area contributed by atoms with Crippen LogP contribution in [-0.4, -0.2) is 41.0 Å². The highest BCUT2D eigenvalue weighted by Gasteiger charge is 2.18. The van der Waals surface area contributed by atoms with Crippen molar-refractivity contribution in [2.75, 3.05) is 19.8 Å². The van der Waals surface area contributed by atoms with Crippen molar-refractivity contribution >= 4 is 12.4 Å². The third kappa shape index (κ3) is 2.49. The molecule has 0 aromatic carbocycles. The second kappa shape index (κ2) is 4.06. The molecule has 0 aromatic rings. The summed E-state index contributed by atoms with van der Waals surface area (Å²) in [5, 5.41) is 17.4. The fourth-order valence-electron chi connectivity index (χ4n) is 0.941. The van der Waals surface area contributed by atoms with Gasteiger partial charge in [0.25, 0.3) is 0 Å². The Balaban J connectivity index is 0.000000640. The number of hydrogen-bond acceptors (Lipinski definition) is 3. The van der Waals surface area contributed by atoms with Crippen molar-refractivity contribution < 1.29 is 10.2 Å². The smallest absolute Gasteiger partial charge is 0.0957 e. The SMILES string of the molecule is Cl.OCN1CCC(O)C1. The van der Waals surface area contributed by atoms with Gasteiger partial charge in [-0.25, -0.2) is 0 Å². The van der Waals surface area contributed by atoms with Crippen LogP contribution >= 0.6 is 12.4 Å². The number of halogens is 1. The van der Waals surface area contributed by atoms with Gasteiger partial charge in [0.15, 0.2) is 0 Å². The van der Waals surface area contributed by atoms with E-state index in [9.17, 15) is 0 Å². The van der Waals surface area contributed by atoms with Crippen molar-refractivity contribution in [1.29, 1.82) is 0 Å². The summed E-state index contributed by atoms with van der Waals surface area (Å²) < 4.78 is 0. The molecule has 0 bridgehead atoms. The first-order chi connectivity index (χ1) is 3.83. The molecule has 0 aliphatic carbocycles. The quantitative estimate of drug-likeness (QED) is 0.530. The van der Waals surface area contributed by atoms with Gasteiger partial charge in [0.05, 0.1) is 12.8 Å². The Hall–Kier alpha value is 0.170. The van der Waals surface area contributed by atoms with E-state index in [1.54, 1.807) is 0 Å². The van der Waals surface area contributed by atoms with Crippen LogP contribution in [-0.2, 0) is 0 Å². The molecular formula is C5H12ClNO2. The minimum atomic E-state index is -0.206. The second-order valence-corrected chi connectivity index (χ2v) is 2.16. The molecule has 1 fully saturated rings. The highest BCUT2D eigenvalue weighted by atomic mass is 35.5. The van der Waals surface area contributed by atoms with Crippen LogP contribution in [0.2, 0.25) is 0 Å². The van der Waals surface area contributed by atoms with Crippen LogP contribution in [0.15, 0.2) is 0 Å². The topological polar surface area (TPSA) is 43.7 Å². The van der Waals surface area contributed by atoms with E-state index in [1.165, 1.54) is 0 Å². The Bertz CT molecular complexity index is 81.4. The number of likely N-dealkylation sites (tertiary alicyclic amines) is 1. The number of aliphatic hydroxyl groups excluding tert-OH is 2. The second-order valence-electron chi connectivity index (χ2n) is 2.16. The molecule has 3 nitrogen and oxygen atoms in total. The summed E-state index contributed by atoms with van der Waals surface area (Å²) in [4.78, 5) is 1.81. The Morgan fingerprint density at radius 1 is 1.56 bits per heavy atom. The molecule has 1 saturated heterocycles. The zero-order valence-electron chi connectivity index (χ0n) is 5.16. The predicted octanol–water partition coefficient (Wildman–Crippen LogP) is -0.575. The molecule has 9 heavy (non-hydrogen) atoms. The molecule has 0 spiro atoms.